The summed E-state index contributed by atoms with van der Waals surface area (Å²) in [6.45, 7) is 6.10. The van der Waals surface area contributed by atoms with Crippen LogP contribution in [0.5, 0.6) is 11.5 Å². The second-order valence-corrected chi connectivity index (χ2v) is 6.72. The maximum atomic E-state index is 12.9. The number of piperazine rings is 1. The molecule has 1 aliphatic rings. The molecule has 1 amide bonds. The molecule has 1 saturated heterocycles. The number of methoxy groups -OCH3 is 1. The Morgan fingerprint density at radius 1 is 1.22 bits per heavy atom. The lowest BCUT2D eigenvalue weighted by Gasteiger charge is -2.34. The topological polar surface area (TPSA) is 54.9 Å². The minimum Gasteiger partial charge on any atom is -0.493 e. The van der Waals surface area contributed by atoms with Crippen molar-refractivity contribution < 1.29 is 14.3 Å². The smallest absolute Gasteiger partial charge is 0.254 e. The molecule has 2 heterocycles. The minimum absolute atomic E-state index is 0.0456. The van der Waals surface area contributed by atoms with E-state index in [0.717, 1.165) is 25.3 Å². The third kappa shape index (κ3) is 4.70. The van der Waals surface area contributed by atoms with Gasteiger partial charge in [-0.05, 0) is 31.2 Å². The van der Waals surface area contributed by atoms with E-state index in [1.165, 1.54) is 0 Å². The molecule has 0 saturated carbocycles. The van der Waals surface area contributed by atoms with E-state index in [9.17, 15) is 4.79 Å². The number of benzene rings is 1. The SMILES string of the molecule is CCOc1c(Cl)cc(C(=O)N2CCN(Cc3ccccn3)CC2)cc1OC. The van der Waals surface area contributed by atoms with Gasteiger partial charge < -0.3 is 14.4 Å². The molecule has 3 rings (SSSR count). The molecule has 1 aliphatic heterocycles. The zero-order valence-corrected chi connectivity index (χ0v) is 16.4. The summed E-state index contributed by atoms with van der Waals surface area (Å²) in [6.07, 6.45) is 1.80. The number of amides is 1. The highest BCUT2D eigenvalue weighted by atomic mass is 35.5. The third-order valence-corrected chi connectivity index (χ3v) is 4.82. The molecule has 2 aromatic rings. The number of carbonyl (C=O) groups excluding carboxylic acids is 1. The molecule has 27 heavy (non-hydrogen) atoms. The maximum absolute atomic E-state index is 12.9. The van der Waals surface area contributed by atoms with Crippen molar-refractivity contribution in [2.45, 2.75) is 13.5 Å². The zero-order valence-electron chi connectivity index (χ0n) is 15.7. The summed E-state index contributed by atoms with van der Waals surface area (Å²) in [5.41, 5.74) is 1.55. The Morgan fingerprint density at radius 2 is 2.00 bits per heavy atom. The quantitative estimate of drug-likeness (QED) is 0.759. The lowest BCUT2D eigenvalue weighted by Crippen LogP contribution is -2.48. The average Bonchev–Trinajstić information content (AvgIpc) is 2.70. The number of ether oxygens (including phenoxy) is 2. The number of hydrogen-bond acceptors (Lipinski definition) is 5. The Balaban J connectivity index is 1.64. The van der Waals surface area contributed by atoms with Gasteiger partial charge in [0.2, 0.25) is 0 Å². The number of rotatable bonds is 6. The van der Waals surface area contributed by atoms with Crippen LogP contribution in [0.4, 0.5) is 0 Å². The number of pyridine rings is 1. The van der Waals surface area contributed by atoms with Gasteiger partial charge in [-0.3, -0.25) is 14.7 Å². The summed E-state index contributed by atoms with van der Waals surface area (Å²) in [4.78, 5) is 21.4. The third-order valence-electron chi connectivity index (χ3n) is 4.54. The van der Waals surface area contributed by atoms with Crippen molar-refractivity contribution in [3.05, 3.63) is 52.8 Å². The van der Waals surface area contributed by atoms with Crippen molar-refractivity contribution in [3.8, 4) is 11.5 Å². The molecule has 0 N–H and O–H groups in total. The zero-order chi connectivity index (χ0) is 19.2. The normalized spacial score (nSPS) is 14.9. The molecule has 6 nitrogen and oxygen atoms in total. The maximum Gasteiger partial charge on any atom is 0.254 e. The highest BCUT2D eigenvalue weighted by Gasteiger charge is 2.24. The summed E-state index contributed by atoms with van der Waals surface area (Å²) in [7, 11) is 1.54. The molecule has 7 heteroatoms. The van der Waals surface area contributed by atoms with E-state index < -0.39 is 0 Å². The second-order valence-electron chi connectivity index (χ2n) is 6.31. The number of nitrogens with zero attached hydrogens (tertiary/aromatic N) is 3. The predicted molar refractivity (Wildman–Crippen MR) is 105 cm³/mol. The van der Waals surface area contributed by atoms with Gasteiger partial charge in [0, 0.05) is 44.5 Å². The Kier molecular flexibility index (Phi) is 6.53. The summed E-state index contributed by atoms with van der Waals surface area (Å²) < 4.78 is 10.9. The van der Waals surface area contributed by atoms with Gasteiger partial charge in [-0.15, -0.1) is 0 Å². The minimum atomic E-state index is -0.0456. The van der Waals surface area contributed by atoms with Crippen molar-refractivity contribution in [2.75, 3.05) is 39.9 Å². The number of halogens is 1. The van der Waals surface area contributed by atoms with E-state index in [1.54, 1.807) is 25.4 Å². The summed E-state index contributed by atoms with van der Waals surface area (Å²) in [5, 5.41) is 0.383. The van der Waals surface area contributed by atoms with Crippen LogP contribution in [0.15, 0.2) is 36.5 Å². The standard InChI is InChI=1S/C20H24ClN3O3/c1-3-27-19-17(21)12-15(13-18(19)26-2)20(25)24-10-8-23(9-11-24)14-16-6-4-5-7-22-16/h4-7,12-13H,3,8-11,14H2,1-2H3. The first kappa shape index (κ1) is 19.5. The van der Waals surface area contributed by atoms with Gasteiger partial charge in [0.05, 0.1) is 24.4 Å². The van der Waals surface area contributed by atoms with Crippen LogP contribution in [0, 0.1) is 0 Å². The van der Waals surface area contributed by atoms with Crippen LogP contribution in [0.25, 0.3) is 0 Å². The van der Waals surface area contributed by atoms with Crippen LogP contribution in [0.2, 0.25) is 5.02 Å². The average molecular weight is 390 g/mol. The van der Waals surface area contributed by atoms with Crippen molar-refractivity contribution in [2.24, 2.45) is 0 Å². The van der Waals surface area contributed by atoms with Gasteiger partial charge in [-0.1, -0.05) is 17.7 Å². The van der Waals surface area contributed by atoms with Gasteiger partial charge in [-0.25, -0.2) is 0 Å². The van der Waals surface area contributed by atoms with Crippen LogP contribution < -0.4 is 9.47 Å². The van der Waals surface area contributed by atoms with Gasteiger partial charge >= 0.3 is 0 Å². The molecule has 0 aliphatic carbocycles. The molecule has 0 spiro atoms. The fourth-order valence-electron chi connectivity index (χ4n) is 3.14. The van der Waals surface area contributed by atoms with Gasteiger partial charge in [0.15, 0.2) is 11.5 Å². The molecular formula is C20H24ClN3O3. The van der Waals surface area contributed by atoms with E-state index in [-0.39, 0.29) is 5.91 Å². The van der Waals surface area contributed by atoms with Crippen LogP contribution in [-0.4, -0.2) is 60.6 Å². The highest BCUT2D eigenvalue weighted by Crippen LogP contribution is 2.36. The molecule has 0 bridgehead atoms. The molecule has 144 valence electrons. The van der Waals surface area contributed by atoms with Gasteiger partial charge in [0.1, 0.15) is 0 Å². The number of carbonyl (C=O) groups is 1. The van der Waals surface area contributed by atoms with Gasteiger partial charge in [0.25, 0.3) is 5.91 Å². The molecule has 0 atom stereocenters. The summed E-state index contributed by atoms with van der Waals surface area (Å²) >= 11 is 6.30. The van der Waals surface area contributed by atoms with Gasteiger partial charge in [-0.2, -0.15) is 0 Å². The predicted octanol–water partition coefficient (Wildman–Crippen LogP) is 3.10. The van der Waals surface area contributed by atoms with Crippen molar-refractivity contribution in [3.63, 3.8) is 0 Å². The number of hydrogen-bond donors (Lipinski definition) is 0. The summed E-state index contributed by atoms with van der Waals surface area (Å²) in [5.74, 6) is 0.899. The van der Waals surface area contributed by atoms with E-state index in [2.05, 4.69) is 9.88 Å². The first-order chi connectivity index (χ1) is 13.1. The molecule has 1 aromatic carbocycles. The Labute approximate surface area is 164 Å². The van der Waals surface area contributed by atoms with Crippen molar-refractivity contribution in [1.82, 2.24) is 14.8 Å². The van der Waals surface area contributed by atoms with Crippen molar-refractivity contribution in [1.29, 1.82) is 0 Å². The largest absolute Gasteiger partial charge is 0.493 e. The van der Waals surface area contributed by atoms with E-state index >= 15 is 0 Å². The fourth-order valence-corrected chi connectivity index (χ4v) is 3.41. The van der Waals surface area contributed by atoms with E-state index in [4.69, 9.17) is 21.1 Å². The van der Waals surface area contributed by atoms with Crippen molar-refractivity contribution >= 4 is 17.5 Å². The second kappa shape index (κ2) is 9.06. The Morgan fingerprint density at radius 3 is 2.63 bits per heavy atom. The number of aromatic nitrogens is 1. The molecule has 1 aromatic heterocycles. The highest BCUT2D eigenvalue weighted by molar-refractivity contribution is 6.32. The monoisotopic (exact) mass is 389 g/mol. The van der Waals surface area contributed by atoms with Crippen LogP contribution in [-0.2, 0) is 6.54 Å². The summed E-state index contributed by atoms with van der Waals surface area (Å²) in [6, 6.07) is 9.27. The first-order valence-corrected chi connectivity index (χ1v) is 9.42. The lowest BCUT2D eigenvalue weighted by molar-refractivity contribution is 0.0626. The molecule has 1 fully saturated rings. The first-order valence-electron chi connectivity index (χ1n) is 9.04. The fraction of sp³-hybridized carbons (Fsp3) is 0.400. The van der Waals surface area contributed by atoms with Crippen LogP contribution in [0.1, 0.15) is 23.0 Å². The van der Waals surface area contributed by atoms with E-state index in [0.29, 0.717) is 41.8 Å². The molecule has 0 unspecified atom stereocenters. The van der Waals surface area contributed by atoms with Crippen LogP contribution in [0.3, 0.4) is 0 Å². The van der Waals surface area contributed by atoms with E-state index in [1.807, 2.05) is 30.0 Å². The Bertz CT molecular complexity index is 778. The van der Waals surface area contributed by atoms with Crippen LogP contribution >= 0.6 is 11.6 Å². The Hall–Kier alpha value is -2.31. The lowest BCUT2D eigenvalue weighted by atomic mass is 10.1. The molecular weight excluding hydrogens is 366 g/mol. The molecule has 0 radical (unpaired) electrons.